The van der Waals surface area contributed by atoms with Crippen LogP contribution in [0.25, 0.3) is 11.0 Å². The first kappa shape index (κ1) is 15.2. The van der Waals surface area contributed by atoms with Gasteiger partial charge in [-0.05, 0) is 18.9 Å². The van der Waals surface area contributed by atoms with Crippen LogP contribution in [0.2, 0.25) is 0 Å². The summed E-state index contributed by atoms with van der Waals surface area (Å²) in [6, 6.07) is -0.156. The highest BCUT2D eigenvalue weighted by Gasteiger charge is 2.17. The number of aromatic nitrogens is 3. The molecule has 0 fully saturated rings. The highest BCUT2D eigenvalue weighted by Crippen LogP contribution is 2.22. The van der Waals surface area contributed by atoms with Crippen LogP contribution >= 0.6 is 0 Å². The van der Waals surface area contributed by atoms with E-state index in [4.69, 9.17) is 0 Å². The highest BCUT2D eigenvalue weighted by atomic mass is 16.3. The minimum Gasteiger partial charge on any atom is -0.394 e. The van der Waals surface area contributed by atoms with E-state index in [0.717, 1.165) is 10.1 Å². The molecule has 2 aromatic heterocycles. The smallest absolute Gasteiger partial charge is 0.332 e. The van der Waals surface area contributed by atoms with E-state index in [9.17, 15) is 14.7 Å². The first-order chi connectivity index (χ1) is 9.92. The Balaban J connectivity index is 2.84. The average Bonchev–Trinajstić information content (AvgIpc) is 2.49. The van der Waals surface area contributed by atoms with Gasteiger partial charge in [0.15, 0.2) is 5.65 Å². The van der Waals surface area contributed by atoms with E-state index in [1.165, 1.54) is 11.6 Å². The second-order valence-electron chi connectivity index (χ2n) is 5.15. The minimum atomic E-state index is -0.413. The van der Waals surface area contributed by atoms with Gasteiger partial charge in [-0.2, -0.15) is 0 Å². The Labute approximate surface area is 121 Å². The molecule has 2 heterocycles. The molecule has 0 aromatic carbocycles. The molecule has 2 rings (SSSR count). The zero-order valence-corrected chi connectivity index (χ0v) is 12.7. The van der Waals surface area contributed by atoms with Gasteiger partial charge in [-0.1, -0.05) is 6.92 Å². The van der Waals surface area contributed by atoms with Crippen molar-refractivity contribution in [1.29, 1.82) is 0 Å². The summed E-state index contributed by atoms with van der Waals surface area (Å²) in [6.45, 7) is 3.75. The molecule has 0 aliphatic heterocycles. The second-order valence-corrected chi connectivity index (χ2v) is 5.15. The number of hydrogen-bond donors (Lipinski definition) is 2. The van der Waals surface area contributed by atoms with Crippen molar-refractivity contribution < 1.29 is 5.11 Å². The molecule has 0 spiro atoms. The molecular formula is C14H20N4O3. The Morgan fingerprint density at radius 1 is 1.33 bits per heavy atom. The summed E-state index contributed by atoms with van der Waals surface area (Å²) in [6.07, 6.45) is 2.33. The molecule has 0 bridgehead atoms. The summed E-state index contributed by atoms with van der Waals surface area (Å²) in [5.74, 6) is 0. The highest BCUT2D eigenvalue weighted by molar-refractivity contribution is 5.90. The molecule has 0 unspecified atom stereocenters. The number of aryl methyl sites for hydroxylation is 2. The van der Waals surface area contributed by atoms with Gasteiger partial charge in [0.2, 0.25) is 0 Å². The lowest BCUT2D eigenvalue weighted by Crippen LogP contribution is -2.38. The van der Waals surface area contributed by atoms with Gasteiger partial charge in [-0.3, -0.25) is 13.9 Å². The van der Waals surface area contributed by atoms with Gasteiger partial charge in [0, 0.05) is 26.3 Å². The fourth-order valence-corrected chi connectivity index (χ4v) is 2.29. The van der Waals surface area contributed by atoms with E-state index in [2.05, 4.69) is 10.3 Å². The van der Waals surface area contributed by atoms with Crippen molar-refractivity contribution in [2.24, 2.45) is 14.1 Å². The number of aliphatic hydroxyl groups excluding tert-OH is 1. The predicted molar refractivity (Wildman–Crippen MR) is 81.7 cm³/mol. The molecule has 2 N–H and O–H groups in total. The Hall–Kier alpha value is -2.15. The van der Waals surface area contributed by atoms with Crippen LogP contribution in [0.3, 0.4) is 0 Å². The maximum absolute atomic E-state index is 12.4. The fraction of sp³-hybridized carbons (Fsp3) is 0.500. The van der Waals surface area contributed by atoms with E-state index in [-0.39, 0.29) is 18.2 Å². The molecule has 0 saturated heterocycles. The molecule has 0 aliphatic carbocycles. The fourth-order valence-electron chi connectivity index (χ4n) is 2.29. The van der Waals surface area contributed by atoms with Crippen LogP contribution in [0.5, 0.6) is 0 Å². The van der Waals surface area contributed by atoms with Crippen LogP contribution in [0.4, 0.5) is 5.69 Å². The Kier molecular flexibility index (Phi) is 4.13. The SMILES string of the molecule is CC[C@@H](CO)Nc1c(C)cnc2c1c(=O)n(C)c(=O)n2C. The number of pyridine rings is 1. The first-order valence-corrected chi connectivity index (χ1v) is 6.85. The summed E-state index contributed by atoms with van der Waals surface area (Å²) in [5, 5.41) is 12.9. The van der Waals surface area contributed by atoms with Crippen LogP contribution in [0, 0.1) is 6.92 Å². The first-order valence-electron chi connectivity index (χ1n) is 6.85. The molecule has 0 amide bonds. The quantitative estimate of drug-likeness (QED) is 0.835. The van der Waals surface area contributed by atoms with Crippen LogP contribution in [-0.2, 0) is 14.1 Å². The largest absolute Gasteiger partial charge is 0.394 e. The predicted octanol–water partition coefficient (Wildman–Crippen LogP) is 0.123. The lowest BCUT2D eigenvalue weighted by molar-refractivity contribution is 0.272. The van der Waals surface area contributed by atoms with Crippen molar-refractivity contribution in [1.82, 2.24) is 14.1 Å². The molecule has 2 aromatic rings. The van der Waals surface area contributed by atoms with Crippen LogP contribution < -0.4 is 16.6 Å². The molecular weight excluding hydrogens is 272 g/mol. The number of rotatable bonds is 4. The number of aliphatic hydroxyl groups is 1. The van der Waals surface area contributed by atoms with Crippen molar-refractivity contribution >= 4 is 16.7 Å². The molecule has 21 heavy (non-hydrogen) atoms. The minimum absolute atomic E-state index is 0.0359. The molecule has 7 nitrogen and oxygen atoms in total. The van der Waals surface area contributed by atoms with Gasteiger partial charge >= 0.3 is 5.69 Å². The number of hydrogen-bond acceptors (Lipinski definition) is 5. The summed E-state index contributed by atoms with van der Waals surface area (Å²) >= 11 is 0. The van der Waals surface area contributed by atoms with Crippen LogP contribution in [0.15, 0.2) is 15.8 Å². The number of anilines is 1. The Bertz CT molecular complexity index is 787. The van der Waals surface area contributed by atoms with Gasteiger partial charge in [0.25, 0.3) is 5.56 Å². The molecule has 0 aliphatic rings. The maximum Gasteiger partial charge on any atom is 0.332 e. The topological polar surface area (TPSA) is 89.2 Å². The third-order valence-corrected chi connectivity index (χ3v) is 3.72. The summed E-state index contributed by atoms with van der Waals surface area (Å²) in [4.78, 5) is 28.6. The zero-order chi connectivity index (χ0) is 15.7. The second kappa shape index (κ2) is 5.69. The monoisotopic (exact) mass is 292 g/mol. The summed E-state index contributed by atoms with van der Waals surface area (Å²) in [5.41, 5.74) is 0.954. The van der Waals surface area contributed by atoms with E-state index in [0.29, 0.717) is 23.1 Å². The van der Waals surface area contributed by atoms with Gasteiger partial charge in [-0.15, -0.1) is 0 Å². The van der Waals surface area contributed by atoms with Crippen LogP contribution in [0.1, 0.15) is 18.9 Å². The van der Waals surface area contributed by atoms with Crippen molar-refractivity contribution in [3.63, 3.8) is 0 Å². The van der Waals surface area contributed by atoms with Crippen molar-refractivity contribution in [3.8, 4) is 0 Å². The lowest BCUT2D eigenvalue weighted by atomic mass is 10.1. The van der Waals surface area contributed by atoms with E-state index in [1.54, 1.807) is 13.2 Å². The lowest BCUT2D eigenvalue weighted by Gasteiger charge is -2.19. The standard InChI is InChI=1S/C14H20N4O3/c1-5-9(7-19)16-11-8(2)6-15-12-10(11)13(20)18(4)14(21)17(12)3/h6,9,19H,5,7H2,1-4H3,(H,15,16)/t9-/m0/s1. The number of nitrogens with zero attached hydrogens (tertiary/aromatic N) is 3. The Morgan fingerprint density at radius 2 is 2.00 bits per heavy atom. The van der Waals surface area contributed by atoms with E-state index in [1.807, 2.05) is 13.8 Å². The number of fused-ring (bicyclic) bond motifs is 1. The number of nitrogens with one attached hydrogen (secondary N) is 1. The van der Waals surface area contributed by atoms with Gasteiger partial charge in [-0.25, -0.2) is 9.78 Å². The van der Waals surface area contributed by atoms with Gasteiger partial charge < -0.3 is 10.4 Å². The van der Waals surface area contributed by atoms with Crippen molar-refractivity contribution in [3.05, 3.63) is 32.6 Å². The molecule has 1 atom stereocenters. The third-order valence-electron chi connectivity index (χ3n) is 3.72. The zero-order valence-electron chi connectivity index (χ0n) is 12.7. The van der Waals surface area contributed by atoms with E-state index < -0.39 is 5.69 Å². The Morgan fingerprint density at radius 3 is 2.57 bits per heavy atom. The summed E-state index contributed by atoms with van der Waals surface area (Å²) < 4.78 is 2.41. The summed E-state index contributed by atoms with van der Waals surface area (Å²) in [7, 11) is 3.03. The average molecular weight is 292 g/mol. The maximum atomic E-state index is 12.4. The van der Waals surface area contributed by atoms with E-state index >= 15 is 0 Å². The molecule has 114 valence electrons. The normalized spacial score (nSPS) is 12.6. The van der Waals surface area contributed by atoms with Gasteiger partial charge in [0.05, 0.1) is 12.3 Å². The third kappa shape index (κ3) is 2.44. The van der Waals surface area contributed by atoms with Crippen molar-refractivity contribution in [2.45, 2.75) is 26.3 Å². The van der Waals surface area contributed by atoms with Crippen molar-refractivity contribution in [2.75, 3.05) is 11.9 Å². The molecule has 7 heteroatoms. The van der Waals surface area contributed by atoms with Crippen LogP contribution in [-0.4, -0.2) is 31.9 Å². The van der Waals surface area contributed by atoms with Gasteiger partial charge in [0.1, 0.15) is 5.39 Å². The molecule has 0 radical (unpaired) electrons. The molecule has 0 saturated carbocycles.